The SMILES string of the molecule is CCCN(CCC)C(=O)CCC(C(N)=O)[C@H](Cc1ccc(C)cc1)[C@@H](O)CNCc1ccccc1. The molecule has 2 aromatic rings. The zero-order valence-electron chi connectivity index (χ0n) is 21.6. The molecular weight excluding hydrogens is 438 g/mol. The van der Waals surface area contributed by atoms with Gasteiger partial charge in [0.1, 0.15) is 0 Å². The molecule has 0 saturated heterocycles. The molecule has 1 unspecified atom stereocenters. The number of aryl methyl sites for hydroxylation is 1. The first-order valence-electron chi connectivity index (χ1n) is 12.9. The van der Waals surface area contributed by atoms with Crippen LogP contribution >= 0.6 is 0 Å². The van der Waals surface area contributed by atoms with Gasteiger partial charge in [-0.25, -0.2) is 0 Å². The van der Waals surface area contributed by atoms with Crippen molar-refractivity contribution in [2.45, 2.75) is 65.5 Å². The minimum absolute atomic E-state index is 0.0470. The van der Waals surface area contributed by atoms with Gasteiger partial charge in [0.2, 0.25) is 11.8 Å². The van der Waals surface area contributed by atoms with Crippen LogP contribution in [-0.2, 0) is 22.6 Å². The lowest BCUT2D eigenvalue weighted by Gasteiger charge is -2.30. The van der Waals surface area contributed by atoms with Gasteiger partial charge < -0.3 is 21.1 Å². The molecule has 0 aliphatic carbocycles. The van der Waals surface area contributed by atoms with Crippen LogP contribution in [0.4, 0.5) is 0 Å². The first-order chi connectivity index (χ1) is 16.8. The fourth-order valence-corrected chi connectivity index (χ4v) is 4.56. The number of aliphatic hydroxyl groups excluding tert-OH is 1. The summed E-state index contributed by atoms with van der Waals surface area (Å²) in [5, 5.41) is 14.5. The van der Waals surface area contributed by atoms with Crippen molar-refractivity contribution in [2.24, 2.45) is 17.6 Å². The molecule has 3 atom stereocenters. The maximum absolute atomic E-state index is 12.9. The van der Waals surface area contributed by atoms with Gasteiger partial charge in [-0.2, -0.15) is 0 Å². The topological polar surface area (TPSA) is 95.7 Å². The van der Waals surface area contributed by atoms with E-state index in [9.17, 15) is 14.7 Å². The molecule has 0 aliphatic heterocycles. The molecule has 0 heterocycles. The second-order valence-electron chi connectivity index (χ2n) is 9.47. The molecule has 2 aromatic carbocycles. The summed E-state index contributed by atoms with van der Waals surface area (Å²) in [7, 11) is 0. The van der Waals surface area contributed by atoms with Crippen LogP contribution in [0.2, 0.25) is 0 Å². The Hall–Kier alpha value is -2.70. The summed E-state index contributed by atoms with van der Waals surface area (Å²) in [5.41, 5.74) is 9.17. The average molecular weight is 482 g/mol. The minimum atomic E-state index is -0.782. The molecule has 35 heavy (non-hydrogen) atoms. The van der Waals surface area contributed by atoms with E-state index >= 15 is 0 Å². The number of hydrogen-bond acceptors (Lipinski definition) is 4. The van der Waals surface area contributed by atoms with E-state index < -0.39 is 23.8 Å². The number of hydrogen-bond donors (Lipinski definition) is 3. The third-order valence-electron chi connectivity index (χ3n) is 6.50. The van der Waals surface area contributed by atoms with Crippen molar-refractivity contribution in [3.8, 4) is 0 Å². The van der Waals surface area contributed by atoms with Crippen LogP contribution < -0.4 is 11.1 Å². The molecule has 0 spiro atoms. The molecule has 192 valence electrons. The van der Waals surface area contributed by atoms with Crippen molar-refractivity contribution >= 4 is 11.8 Å². The smallest absolute Gasteiger partial charge is 0.222 e. The molecule has 0 aliphatic rings. The predicted octanol–water partition coefficient (Wildman–Crippen LogP) is 3.83. The maximum Gasteiger partial charge on any atom is 0.222 e. The number of primary amides is 1. The highest BCUT2D eigenvalue weighted by Crippen LogP contribution is 2.26. The van der Waals surface area contributed by atoms with Gasteiger partial charge in [-0.3, -0.25) is 9.59 Å². The van der Waals surface area contributed by atoms with Crippen LogP contribution in [0.15, 0.2) is 54.6 Å². The lowest BCUT2D eigenvalue weighted by Crippen LogP contribution is -2.43. The largest absolute Gasteiger partial charge is 0.391 e. The highest BCUT2D eigenvalue weighted by atomic mass is 16.3. The van der Waals surface area contributed by atoms with Gasteiger partial charge in [-0.1, -0.05) is 74.0 Å². The van der Waals surface area contributed by atoms with Crippen molar-refractivity contribution in [1.82, 2.24) is 10.2 Å². The van der Waals surface area contributed by atoms with Gasteiger partial charge >= 0.3 is 0 Å². The number of nitrogens with one attached hydrogen (secondary N) is 1. The van der Waals surface area contributed by atoms with Crippen LogP contribution in [0.25, 0.3) is 0 Å². The minimum Gasteiger partial charge on any atom is -0.391 e. The Morgan fingerprint density at radius 3 is 2.17 bits per heavy atom. The number of carbonyl (C=O) groups is 2. The van der Waals surface area contributed by atoms with E-state index in [2.05, 4.69) is 19.2 Å². The van der Waals surface area contributed by atoms with E-state index in [1.807, 2.05) is 66.4 Å². The standard InChI is InChI=1S/C29H43N3O3/c1-4-17-32(18-5-2)28(34)16-15-25(29(30)35)26(19-23-13-11-22(3)12-14-23)27(33)21-31-20-24-9-7-6-8-10-24/h6-14,25-27,31,33H,4-5,15-21H2,1-3H3,(H2,30,35)/t25?,26-,27-/m0/s1. The Bertz CT molecular complexity index is 880. The Morgan fingerprint density at radius 2 is 1.60 bits per heavy atom. The second-order valence-corrected chi connectivity index (χ2v) is 9.47. The normalized spacial score (nSPS) is 13.7. The number of carbonyl (C=O) groups excluding carboxylic acids is 2. The highest BCUT2D eigenvalue weighted by molar-refractivity contribution is 5.80. The van der Waals surface area contributed by atoms with E-state index in [-0.39, 0.29) is 12.3 Å². The van der Waals surface area contributed by atoms with Gasteiger partial charge in [0.25, 0.3) is 0 Å². The molecule has 6 nitrogen and oxygen atoms in total. The molecule has 0 fully saturated rings. The molecule has 6 heteroatoms. The zero-order chi connectivity index (χ0) is 25.6. The van der Waals surface area contributed by atoms with Crippen molar-refractivity contribution in [3.05, 3.63) is 71.3 Å². The summed E-state index contributed by atoms with van der Waals surface area (Å²) in [6.45, 7) is 8.52. The van der Waals surface area contributed by atoms with Crippen LogP contribution in [0.3, 0.4) is 0 Å². The number of benzene rings is 2. The highest BCUT2D eigenvalue weighted by Gasteiger charge is 2.33. The van der Waals surface area contributed by atoms with Crippen molar-refractivity contribution in [2.75, 3.05) is 19.6 Å². The summed E-state index contributed by atoms with van der Waals surface area (Å²) in [6, 6.07) is 18.1. The van der Waals surface area contributed by atoms with Crippen LogP contribution in [0.5, 0.6) is 0 Å². The lowest BCUT2D eigenvalue weighted by molar-refractivity contribution is -0.132. The third-order valence-corrected chi connectivity index (χ3v) is 6.50. The maximum atomic E-state index is 12.9. The van der Waals surface area contributed by atoms with E-state index in [0.29, 0.717) is 39.0 Å². The summed E-state index contributed by atoms with van der Waals surface area (Å²) >= 11 is 0. The van der Waals surface area contributed by atoms with E-state index in [0.717, 1.165) is 29.5 Å². The van der Waals surface area contributed by atoms with E-state index in [1.165, 1.54) is 0 Å². The number of nitrogens with two attached hydrogens (primary N) is 1. The molecule has 2 amide bonds. The monoisotopic (exact) mass is 481 g/mol. The van der Waals surface area contributed by atoms with Crippen LogP contribution in [0.1, 0.15) is 56.2 Å². The number of amides is 2. The zero-order valence-corrected chi connectivity index (χ0v) is 21.6. The number of nitrogens with zero attached hydrogens (tertiary/aromatic N) is 1. The quantitative estimate of drug-likeness (QED) is 0.339. The molecule has 4 N–H and O–H groups in total. The molecular formula is C29H43N3O3. The number of rotatable bonds is 16. The van der Waals surface area contributed by atoms with E-state index in [4.69, 9.17) is 5.73 Å². The van der Waals surface area contributed by atoms with Gasteiger partial charge in [-0.15, -0.1) is 0 Å². The van der Waals surface area contributed by atoms with Crippen molar-refractivity contribution in [3.63, 3.8) is 0 Å². The molecule has 0 saturated carbocycles. The molecule has 0 radical (unpaired) electrons. The predicted molar refractivity (Wildman–Crippen MR) is 142 cm³/mol. The van der Waals surface area contributed by atoms with Gasteiger partial charge in [0.15, 0.2) is 0 Å². The number of aliphatic hydroxyl groups is 1. The first-order valence-corrected chi connectivity index (χ1v) is 12.9. The Kier molecular flexibility index (Phi) is 12.5. The van der Waals surface area contributed by atoms with Crippen LogP contribution in [0, 0.1) is 18.8 Å². The Morgan fingerprint density at radius 1 is 0.971 bits per heavy atom. The van der Waals surface area contributed by atoms with E-state index in [1.54, 1.807) is 0 Å². The van der Waals surface area contributed by atoms with Gasteiger partial charge in [0, 0.05) is 44.4 Å². The summed E-state index contributed by atoms with van der Waals surface area (Å²) in [4.78, 5) is 27.3. The summed E-state index contributed by atoms with van der Waals surface area (Å²) in [5.74, 6) is -1.41. The Balaban J connectivity index is 2.14. The fraction of sp³-hybridized carbons (Fsp3) is 0.517. The second kappa shape index (κ2) is 15.3. The van der Waals surface area contributed by atoms with Gasteiger partial charge in [-0.05, 0) is 43.7 Å². The van der Waals surface area contributed by atoms with Crippen molar-refractivity contribution < 1.29 is 14.7 Å². The van der Waals surface area contributed by atoms with Crippen molar-refractivity contribution in [1.29, 1.82) is 0 Å². The Labute approximate surface area is 210 Å². The molecule has 0 aromatic heterocycles. The van der Waals surface area contributed by atoms with Crippen LogP contribution in [-0.4, -0.2) is 47.6 Å². The summed E-state index contributed by atoms with van der Waals surface area (Å²) < 4.78 is 0. The molecule has 0 bridgehead atoms. The first kappa shape index (κ1) is 28.5. The summed E-state index contributed by atoms with van der Waals surface area (Å²) in [6.07, 6.45) is 2.12. The fourth-order valence-electron chi connectivity index (χ4n) is 4.56. The van der Waals surface area contributed by atoms with Gasteiger partial charge in [0.05, 0.1) is 6.10 Å². The molecule has 2 rings (SSSR count). The lowest BCUT2D eigenvalue weighted by atomic mass is 9.79. The average Bonchev–Trinajstić information content (AvgIpc) is 2.84. The third kappa shape index (κ3) is 9.82.